The Morgan fingerprint density at radius 2 is 2.07 bits per heavy atom. The Balaban J connectivity index is 3.25. The van der Waals surface area contributed by atoms with Crippen LogP contribution in [0.3, 0.4) is 0 Å². The highest BCUT2D eigenvalue weighted by atomic mass is 127. The Kier molecular flexibility index (Phi) is 2.99. The molecule has 0 amide bonds. The van der Waals surface area contributed by atoms with Crippen molar-refractivity contribution < 1.29 is 0 Å². The first-order valence-corrected chi connectivity index (χ1v) is 5.83. The normalized spacial score (nSPS) is 38.3. The first-order chi connectivity index (χ1) is 6.27. The van der Waals surface area contributed by atoms with Crippen molar-refractivity contribution in [1.29, 1.82) is 0 Å². The molecule has 0 saturated carbocycles. The van der Waals surface area contributed by atoms with Crippen LogP contribution in [0.1, 0.15) is 27.7 Å². The third-order valence-electron chi connectivity index (χ3n) is 3.54. The van der Waals surface area contributed by atoms with Crippen molar-refractivity contribution in [2.45, 2.75) is 33.2 Å². The van der Waals surface area contributed by atoms with Gasteiger partial charge in [-0.25, -0.2) is 0 Å². The lowest BCUT2D eigenvalue weighted by Gasteiger charge is -2.52. The van der Waals surface area contributed by atoms with Gasteiger partial charge in [0.05, 0.1) is 0 Å². The van der Waals surface area contributed by atoms with Gasteiger partial charge < -0.3 is 5.73 Å². The molecule has 1 rings (SSSR count). The average Bonchev–Trinajstić information content (AvgIpc) is 2.04. The summed E-state index contributed by atoms with van der Waals surface area (Å²) >= 11 is 2.33. The Hall–Kier alpha value is -0.0900. The van der Waals surface area contributed by atoms with Crippen molar-refractivity contribution >= 4 is 22.6 Å². The topological polar surface area (TPSA) is 26.0 Å². The maximum absolute atomic E-state index is 6.30. The van der Waals surface area contributed by atoms with Crippen LogP contribution in [0.4, 0.5) is 0 Å². The minimum atomic E-state index is -0.233. The van der Waals surface area contributed by atoms with Crippen LogP contribution in [0.2, 0.25) is 0 Å². The Labute approximate surface area is 100 Å². The first kappa shape index (κ1) is 12.0. The summed E-state index contributed by atoms with van der Waals surface area (Å²) in [6, 6.07) is 0. The molecule has 0 aliphatic heterocycles. The molecule has 0 heterocycles. The third-order valence-corrected chi connectivity index (χ3v) is 4.12. The second kappa shape index (κ2) is 3.49. The predicted molar refractivity (Wildman–Crippen MR) is 71.4 cm³/mol. The highest BCUT2D eigenvalue weighted by Crippen LogP contribution is 2.52. The fourth-order valence-corrected chi connectivity index (χ4v) is 2.91. The molecular weight excluding hydrogens is 285 g/mol. The molecule has 78 valence electrons. The molecule has 0 aromatic rings. The van der Waals surface area contributed by atoms with Crippen molar-refractivity contribution in [2.24, 2.45) is 11.1 Å². The molecular formula is C12H18IN. The maximum atomic E-state index is 6.30. The lowest BCUT2D eigenvalue weighted by molar-refractivity contribution is 0.268. The van der Waals surface area contributed by atoms with Gasteiger partial charge in [-0.2, -0.15) is 0 Å². The van der Waals surface area contributed by atoms with Gasteiger partial charge in [-0.05, 0) is 59.4 Å². The minimum absolute atomic E-state index is 0.0515. The Morgan fingerprint density at radius 1 is 1.57 bits per heavy atom. The molecule has 1 nitrogen and oxygen atoms in total. The van der Waals surface area contributed by atoms with Crippen LogP contribution >= 0.6 is 22.6 Å². The molecule has 14 heavy (non-hydrogen) atoms. The van der Waals surface area contributed by atoms with E-state index in [4.69, 9.17) is 5.73 Å². The zero-order valence-corrected chi connectivity index (χ0v) is 11.5. The van der Waals surface area contributed by atoms with E-state index >= 15 is 0 Å². The number of allylic oxidation sites excluding steroid dienone is 2. The smallest absolute Gasteiger partial charge is 0.0468 e. The molecule has 2 atom stereocenters. The Bertz CT molecular complexity index is 332. The summed E-state index contributed by atoms with van der Waals surface area (Å²) in [5.41, 5.74) is 8.52. The maximum Gasteiger partial charge on any atom is 0.0468 e. The molecule has 0 saturated heterocycles. The lowest BCUT2D eigenvalue weighted by Crippen LogP contribution is -2.59. The van der Waals surface area contributed by atoms with Gasteiger partial charge in [0, 0.05) is 11.0 Å². The standard InChI is InChI=1S/C12H18IN/c1-6-10(9(3)13)11(4)7-8(2)12(11,5)14/h6-7H,1,14H2,2-5H3/b10-9-. The summed E-state index contributed by atoms with van der Waals surface area (Å²) in [6.45, 7) is 12.3. The van der Waals surface area contributed by atoms with E-state index in [1.165, 1.54) is 14.7 Å². The van der Waals surface area contributed by atoms with Crippen LogP contribution in [0.25, 0.3) is 0 Å². The molecule has 2 N–H and O–H groups in total. The Morgan fingerprint density at radius 3 is 2.29 bits per heavy atom. The SMILES string of the molecule is C=C/C(=C(\C)I)C1(C)C=C(C)C1(C)N. The van der Waals surface area contributed by atoms with Crippen molar-refractivity contribution in [2.75, 3.05) is 0 Å². The zero-order chi connectivity index (χ0) is 11.1. The van der Waals surface area contributed by atoms with E-state index in [2.05, 4.69) is 62.9 Å². The second-order valence-electron chi connectivity index (χ2n) is 4.38. The van der Waals surface area contributed by atoms with Crippen molar-refractivity contribution in [3.05, 3.63) is 33.5 Å². The van der Waals surface area contributed by atoms with Crippen LogP contribution < -0.4 is 5.73 Å². The third kappa shape index (κ3) is 1.39. The van der Waals surface area contributed by atoms with E-state index in [0.29, 0.717) is 0 Å². The van der Waals surface area contributed by atoms with E-state index in [1.54, 1.807) is 0 Å². The van der Waals surface area contributed by atoms with Gasteiger partial charge in [0.2, 0.25) is 0 Å². The van der Waals surface area contributed by atoms with E-state index in [-0.39, 0.29) is 11.0 Å². The quantitative estimate of drug-likeness (QED) is 0.471. The van der Waals surface area contributed by atoms with Gasteiger partial charge in [0.1, 0.15) is 0 Å². The highest BCUT2D eigenvalue weighted by molar-refractivity contribution is 14.1. The second-order valence-corrected chi connectivity index (χ2v) is 6.00. The molecule has 2 heteroatoms. The van der Waals surface area contributed by atoms with Gasteiger partial charge >= 0.3 is 0 Å². The lowest BCUT2D eigenvalue weighted by atomic mass is 9.55. The van der Waals surface area contributed by atoms with Crippen molar-refractivity contribution in [3.8, 4) is 0 Å². The molecule has 0 aromatic carbocycles. The van der Waals surface area contributed by atoms with Crippen LogP contribution in [-0.4, -0.2) is 5.54 Å². The summed E-state index contributed by atoms with van der Waals surface area (Å²) in [6.07, 6.45) is 4.17. The van der Waals surface area contributed by atoms with Crippen LogP contribution in [0, 0.1) is 5.41 Å². The summed E-state index contributed by atoms with van der Waals surface area (Å²) in [5.74, 6) is 0. The molecule has 0 fully saturated rings. The van der Waals surface area contributed by atoms with Crippen LogP contribution in [-0.2, 0) is 0 Å². The molecule has 2 unspecified atom stereocenters. The molecule has 0 aromatic heterocycles. The molecule has 0 radical (unpaired) electrons. The molecule has 0 bridgehead atoms. The van der Waals surface area contributed by atoms with Gasteiger partial charge in [0.15, 0.2) is 0 Å². The summed E-state index contributed by atoms with van der Waals surface area (Å²) in [5, 5.41) is 0. The summed E-state index contributed by atoms with van der Waals surface area (Å²) in [7, 11) is 0. The number of hydrogen-bond donors (Lipinski definition) is 1. The fraction of sp³-hybridized carbons (Fsp3) is 0.500. The first-order valence-electron chi connectivity index (χ1n) is 4.75. The number of rotatable bonds is 2. The predicted octanol–water partition coefficient (Wildman–Crippen LogP) is 3.57. The van der Waals surface area contributed by atoms with E-state index < -0.39 is 0 Å². The zero-order valence-electron chi connectivity index (χ0n) is 9.32. The summed E-state index contributed by atoms with van der Waals surface area (Å²) in [4.78, 5) is 0. The average molecular weight is 303 g/mol. The largest absolute Gasteiger partial charge is 0.321 e. The molecule has 1 aliphatic carbocycles. The van der Waals surface area contributed by atoms with E-state index in [9.17, 15) is 0 Å². The number of nitrogens with two attached hydrogens (primary N) is 1. The molecule has 1 aliphatic rings. The van der Waals surface area contributed by atoms with Crippen LogP contribution in [0.15, 0.2) is 33.5 Å². The number of hydrogen-bond acceptors (Lipinski definition) is 1. The monoisotopic (exact) mass is 303 g/mol. The minimum Gasteiger partial charge on any atom is -0.321 e. The van der Waals surface area contributed by atoms with Gasteiger partial charge in [-0.15, -0.1) is 0 Å². The highest BCUT2D eigenvalue weighted by Gasteiger charge is 2.50. The van der Waals surface area contributed by atoms with Crippen molar-refractivity contribution in [3.63, 3.8) is 0 Å². The van der Waals surface area contributed by atoms with E-state index in [0.717, 1.165) is 0 Å². The molecule has 0 spiro atoms. The number of halogens is 1. The fourth-order valence-electron chi connectivity index (χ4n) is 2.13. The van der Waals surface area contributed by atoms with Gasteiger partial charge in [-0.1, -0.05) is 24.3 Å². The van der Waals surface area contributed by atoms with Crippen LogP contribution in [0.5, 0.6) is 0 Å². The summed E-state index contributed by atoms with van der Waals surface area (Å²) < 4.78 is 1.26. The van der Waals surface area contributed by atoms with Gasteiger partial charge in [0.25, 0.3) is 0 Å². The van der Waals surface area contributed by atoms with E-state index in [1.807, 2.05) is 6.08 Å². The van der Waals surface area contributed by atoms with Gasteiger partial charge in [-0.3, -0.25) is 0 Å². The van der Waals surface area contributed by atoms with Crippen molar-refractivity contribution in [1.82, 2.24) is 0 Å².